The fourth-order valence-corrected chi connectivity index (χ4v) is 1.79. The summed E-state index contributed by atoms with van der Waals surface area (Å²) in [7, 11) is 0. The molecule has 1 saturated carbocycles. The highest BCUT2D eigenvalue weighted by Gasteiger charge is 2.33. The van der Waals surface area contributed by atoms with Crippen molar-refractivity contribution in [3.8, 4) is 0 Å². The quantitative estimate of drug-likeness (QED) is 0.557. The number of hydrogen-bond donors (Lipinski definition) is 2. The maximum atomic E-state index is 9.32. The lowest BCUT2D eigenvalue weighted by atomic mass is 9.98. The Hall–Kier alpha value is -0.0800. The predicted molar refractivity (Wildman–Crippen MR) is 39.8 cm³/mol. The molecule has 0 aromatic rings. The molecule has 2 atom stereocenters. The van der Waals surface area contributed by atoms with Crippen molar-refractivity contribution in [3.63, 3.8) is 0 Å². The van der Waals surface area contributed by atoms with Crippen LogP contribution in [0.25, 0.3) is 0 Å². The van der Waals surface area contributed by atoms with E-state index in [1.54, 1.807) is 0 Å². The van der Waals surface area contributed by atoms with E-state index in [1.807, 2.05) is 0 Å². The monoisotopic (exact) mass is 141 g/mol. The van der Waals surface area contributed by atoms with Crippen LogP contribution in [0.5, 0.6) is 0 Å². The lowest BCUT2D eigenvalue weighted by Crippen LogP contribution is -2.41. The van der Waals surface area contributed by atoms with Gasteiger partial charge in [-0.3, -0.25) is 0 Å². The molecule has 58 valence electrons. The molecule has 2 rings (SSSR count). The first-order valence-electron chi connectivity index (χ1n) is 4.28. The van der Waals surface area contributed by atoms with Crippen molar-refractivity contribution in [2.24, 2.45) is 5.92 Å². The summed E-state index contributed by atoms with van der Waals surface area (Å²) >= 11 is 0. The fraction of sp³-hybridized carbons (Fsp3) is 1.00. The minimum Gasteiger partial charge on any atom is -0.393 e. The second-order valence-corrected chi connectivity index (χ2v) is 3.58. The average Bonchev–Trinajstić information content (AvgIpc) is 2.68. The van der Waals surface area contributed by atoms with E-state index in [0.29, 0.717) is 6.04 Å². The third kappa shape index (κ3) is 1.32. The molecule has 0 aromatic heterocycles. The Morgan fingerprint density at radius 2 is 2.00 bits per heavy atom. The van der Waals surface area contributed by atoms with E-state index in [9.17, 15) is 5.11 Å². The molecule has 2 N–H and O–H groups in total. The zero-order valence-corrected chi connectivity index (χ0v) is 6.21. The van der Waals surface area contributed by atoms with Gasteiger partial charge in [0.1, 0.15) is 0 Å². The number of aliphatic hydroxyl groups is 1. The Labute approximate surface area is 61.6 Å². The summed E-state index contributed by atoms with van der Waals surface area (Å²) in [5.74, 6) is 0.898. The minimum atomic E-state index is -0.0214. The molecule has 2 fully saturated rings. The normalized spacial score (nSPS) is 41.7. The lowest BCUT2D eigenvalue weighted by molar-refractivity contribution is 0.111. The minimum absolute atomic E-state index is 0.0214. The highest BCUT2D eigenvalue weighted by Crippen LogP contribution is 2.35. The van der Waals surface area contributed by atoms with Crippen molar-refractivity contribution >= 4 is 0 Å². The van der Waals surface area contributed by atoms with Crippen molar-refractivity contribution < 1.29 is 5.11 Å². The third-order valence-electron chi connectivity index (χ3n) is 2.60. The predicted octanol–water partition coefficient (Wildman–Crippen LogP) is 0.509. The summed E-state index contributed by atoms with van der Waals surface area (Å²) in [6.45, 7) is 1.02. The smallest absolute Gasteiger partial charge is 0.0567 e. The molecule has 0 spiro atoms. The van der Waals surface area contributed by atoms with Crippen LogP contribution in [-0.2, 0) is 0 Å². The molecule has 0 bridgehead atoms. The molecule has 10 heavy (non-hydrogen) atoms. The van der Waals surface area contributed by atoms with Gasteiger partial charge in [-0.15, -0.1) is 0 Å². The second kappa shape index (κ2) is 2.51. The van der Waals surface area contributed by atoms with Crippen LogP contribution in [0.1, 0.15) is 25.7 Å². The maximum Gasteiger partial charge on any atom is 0.0567 e. The Bertz CT molecular complexity index is 122. The van der Waals surface area contributed by atoms with Gasteiger partial charge in [0, 0.05) is 6.04 Å². The molecule has 1 saturated heterocycles. The van der Waals surface area contributed by atoms with E-state index in [0.717, 1.165) is 25.3 Å². The topological polar surface area (TPSA) is 32.3 Å². The number of piperidine rings is 1. The summed E-state index contributed by atoms with van der Waals surface area (Å²) in [6.07, 6.45) is 4.68. The second-order valence-electron chi connectivity index (χ2n) is 3.58. The molecule has 0 unspecified atom stereocenters. The van der Waals surface area contributed by atoms with Crippen molar-refractivity contribution in [2.45, 2.75) is 37.8 Å². The lowest BCUT2D eigenvalue weighted by Gasteiger charge is -2.27. The number of rotatable bonds is 1. The zero-order chi connectivity index (χ0) is 6.97. The van der Waals surface area contributed by atoms with Gasteiger partial charge in [0.25, 0.3) is 0 Å². The summed E-state index contributed by atoms with van der Waals surface area (Å²) in [5, 5.41) is 12.8. The Morgan fingerprint density at radius 1 is 1.20 bits per heavy atom. The first-order chi connectivity index (χ1) is 4.86. The average molecular weight is 141 g/mol. The number of nitrogens with one attached hydrogen (secondary N) is 1. The van der Waals surface area contributed by atoms with Crippen LogP contribution in [0.3, 0.4) is 0 Å². The first kappa shape index (κ1) is 6.62. The number of aliphatic hydroxyl groups excluding tert-OH is 1. The van der Waals surface area contributed by atoms with Crippen LogP contribution >= 0.6 is 0 Å². The van der Waals surface area contributed by atoms with Crippen LogP contribution in [0.4, 0.5) is 0 Å². The maximum absolute atomic E-state index is 9.32. The standard InChI is InChI=1S/C8H15NO/c10-7-3-4-9-8(5-7)6-1-2-6/h6-10H,1-5H2/t7-,8+/m1/s1. The van der Waals surface area contributed by atoms with Crippen molar-refractivity contribution in [1.29, 1.82) is 0 Å². The first-order valence-corrected chi connectivity index (χ1v) is 4.28. The Kier molecular flexibility index (Phi) is 1.66. The molecule has 1 aliphatic carbocycles. The molecule has 2 heteroatoms. The van der Waals surface area contributed by atoms with E-state index >= 15 is 0 Å². The van der Waals surface area contributed by atoms with Crippen molar-refractivity contribution in [2.75, 3.05) is 6.54 Å². The van der Waals surface area contributed by atoms with Gasteiger partial charge in [0.05, 0.1) is 6.10 Å². The molecular formula is C8H15NO. The SMILES string of the molecule is O[C@@H]1CCN[C@H](C2CC2)C1. The van der Waals surface area contributed by atoms with Gasteiger partial charge in [-0.25, -0.2) is 0 Å². The Morgan fingerprint density at radius 3 is 2.60 bits per heavy atom. The molecule has 1 aliphatic heterocycles. The van der Waals surface area contributed by atoms with Gasteiger partial charge in [-0.2, -0.15) is 0 Å². The summed E-state index contributed by atoms with van der Waals surface area (Å²) in [5.41, 5.74) is 0. The highest BCUT2D eigenvalue weighted by molar-refractivity contribution is 4.90. The van der Waals surface area contributed by atoms with E-state index in [-0.39, 0.29) is 6.10 Å². The Balaban J connectivity index is 1.84. The summed E-state index contributed by atoms with van der Waals surface area (Å²) < 4.78 is 0. The van der Waals surface area contributed by atoms with Gasteiger partial charge in [-0.1, -0.05) is 0 Å². The molecule has 1 heterocycles. The summed E-state index contributed by atoms with van der Waals surface area (Å²) in [6, 6.07) is 0.642. The molecule has 2 aliphatic rings. The zero-order valence-electron chi connectivity index (χ0n) is 6.21. The van der Waals surface area contributed by atoms with Gasteiger partial charge in [-0.05, 0) is 38.1 Å². The van der Waals surface area contributed by atoms with Gasteiger partial charge >= 0.3 is 0 Å². The van der Waals surface area contributed by atoms with E-state index in [1.165, 1.54) is 12.8 Å². The molecular weight excluding hydrogens is 126 g/mol. The van der Waals surface area contributed by atoms with Crippen molar-refractivity contribution in [1.82, 2.24) is 5.32 Å². The van der Waals surface area contributed by atoms with Gasteiger partial charge < -0.3 is 10.4 Å². The molecule has 0 aromatic carbocycles. The molecule has 2 nitrogen and oxygen atoms in total. The summed E-state index contributed by atoms with van der Waals surface area (Å²) in [4.78, 5) is 0. The fourth-order valence-electron chi connectivity index (χ4n) is 1.79. The highest BCUT2D eigenvalue weighted by atomic mass is 16.3. The van der Waals surface area contributed by atoms with Crippen LogP contribution < -0.4 is 5.32 Å². The largest absolute Gasteiger partial charge is 0.393 e. The number of hydrogen-bond acceptors (Lipinski definition) is 2. The van der Waals surface area contributed by atoms with Gasteiger partial charge in [0.2, 0.25) is 0 Å². The molecule has 0 amide bonds. The molecule has 0 radical (unpaired) electrons. The van der Waals surface area contributed by atoms with Crippen LogP contribution in [0.2, 0.25) is 0 Å². The van der Waals surface area contributed by atoms with E-state index in [2.05, 4.69) is 5.32 Å². The third-order valence-corrected chi connectivity index (χ3v) is 2.60. The van der Waals surface area contributed by atoms with Crippen molar-refractivity contribution in [3.05, 3.63) is 0 Å². The van der Waals surface area contributed by atoms with E-state index < -0.39 is 0 Å². The van der Waals surface area contributed by atoms with Crippen LogP contribution in [0, 0.1) is 5.92 Å². The van der Waals surface area contributed by atoms with E-state index in [4.69, 9.17) is 0 Å². The van der Waals surface area contributed by atoms with Crippen LogP contribution in [-0.4, -0.2) is 23.8 Å². The van der Waals surface area contributed by atoms with Gasteiger partial charge in [0.15, 0.2) is 0 Å². The van der Waals surface area contributed by atoms with Crippen LogP contribution in [0.15, 0.2) is 0 Å².